The van der Waals surface area contributed by atoms with E-state index in [-0.39, 0.29) is 17.2 Å². The number of nitrogens with zero attached hydrogens (tertiary/aromatic N) is 1. The van der Waals surface area contributed by atoms with E-state index < -0.39 is 5.97 Å². The van der Waals surface area contributed by atoms with E-state index in [0.717, 1.165) is 11.8 Å². The number of furan rings is 1. The third-order valence-corrected chi connectivity index (χ3v) is 3.12. The Morgan fingerprint density at radius 3 is 2.79 bits per heavy atom. The molecule has 7 heteroatoms. The predicted molar refractivity (Wildman–Crippen MR) is 68.7 cm³/mol. The van der Waals surface area contributed by atoms with Crippen LogP contribution in [0.2, 0.25) is 0 Å². The Morgan fingerprint density at radius 1 is 1.47 bits per heavy atom. The zero-order valence-corrected chi connectivity index (χ0v) is 11.2. The summed E-state index contributed by atoms with van der Waals surface area (Å²) in [7, 11) is 0. The lowest BCUT2D eigenvalue weighted by atomic mass is 10.2. The third-order valence-electron chi connectivity index (χ3n) is 2.28. The first kappa shape index (κ1) is 13.4. The molecule has 0 amide bonds. The van der Waals surface area contributed by atoms with Crippen LogP contribution >= 0.6 is 11.8 Å². The van der Waals surface area contributed by atoms with Crippen LogP contribution in [0.1, 0.15) is 36.1 Å². The van der Waals surface area contributed by atoms with E-state index in [1.807, 2.05) is 13.8 Å². The minimum absolute atomic E-state index is 0.0967. The van der Waals surface area contributed by atoms with Gasteiger partial charge in [-0.05, 0) is 23.9 Å². The second kappa shape index (κ2) is 5.31. The second-order valence-electron chi connectivity index (χ2n) is 4.15. The number of aromatic carboxylic acids is 1. The lowest BCUT2D eigenvalue weighted by Gasteiger charge is -2.05. The zero-order chi connectivity index (χ0) is 14.0. The molecule has 0 aliphatic carbocycles. The minimum atomic E-state index is -1.13. The Balaban J connectivity index is 2.27. The van der Waals surface area contributed by atoms with E-state index in [9.17, 15) is 9.59 Å². The number of H-pyrrole nitrogens is 1. The van der Waals surface area contributed by atoms with Crippen molar-refractivity contribution in [2.45, 2.75) is 29.9 Å². The Labute approximate surface area is 112 Å². The number of carboxylic acids is 1. The molecule has 0 bridgehead atoms. The molecule has 0 radical (unpaired) electrons. The molecule has 0 spiro atoms. The van der Waals surface area contributed by atoms with Gasteiger partial charge in [-0.1, -0.05) is 13.8 Å². The number of hydrogen-bond acceptors (Lipinski definition) is 5. The standard InChI is InChI=1S/C12H12N2O4S/c1-6(2)11-13-8(15)5-9(14-11)19-10-4-3-7(18-10)12(16)17/h3-6H,1-2H3,(H,16,17)(H,13,14,15). The normalized spacial score (nSPS) is 10.9. The van der Waals surface area contributed by atoms with Crippen molar-refractivity contribution in [1.29, 1.82) is 0 Å². The highest BCUT2D eigenvalue weighted by Crippen LogP contribution is 2.27. The number of hydrogen-bond donors (Lipinski definition) is 2. The summed E-state index contributed by atoms with van der Waals surface area (Å²) in [6, 6.07) is 4.24. The fraction of sp³-hybridized carbons (Fsp3) is 0.250. The topological polar surface area (TPSA) is 96.2 Å². The van der Waals surface area contributed by atoms with Crippen LogP contribution in [0.15, 0.2) is 37.5 Å². The van der Waals surface area contributed by atoms with Gasteiger partial charge in [0.1, 0.15) is 10.9 Å². The van der Waals surface area contributed by atoms with Gasteiger partial charge in [-0.25, -0.2) is 9.78 Å². The van der Waals surface area contributed by atoms with Crippen molar-refractivity contribution in [2.75, 3.05) is 0 Å². The first-order valence-electron chi connectivity index (χ1n) is 5.58. The summed E-state index contributed by atoms with van der Waals surface area (Å²) >= 11 is 1.11. The average Bonchev–Trinajstić information content (AvgIpc) is 2.76. The van der Waals surface area contributed by atoms with E-state index >= 15 is 0 Å². The molecular weight excluding hydrogens is 268 g/mol. The largest absolute Gasteiger partial charge is 0.475 e. The molecule has 0 fully saturated rings. The van der Waals surface area contributed by atoms with Crippen LogP contribution in [-0.4, -0.2) is 21.0 Å². The highest BCUT2D eigenvalue weighted by molar-refractivity contribution is 7.99. The summed E-state index contributed by atoms with van der Waals surface area (Å²) < 4.78 is 5.10. The number of carbonyl (C=O) groups is 1. The van der Waals surface area contributed by atoms with Gasteiger partial charge in [0.25, 0.3) is 5.56 Å². The summed E-state index contributed by atoms with van der Waals surface area (Å²) in [5.74, 6) is -0.593. The van der Waals surface area contributed by atoms with Gasteiger partial charge in [-0.15, -0.1) is 0 Å². The highest BCUT2D eigenvalue weighted by atomic mass is 32.2. The first-order valence-corrected chi connectivity index (χ1v) is 6.39. The summed E-state index contributed by atoms with van der Waals surface area (Å²) in [5, 5.41) is 9.60. The molecule has 0 unspecified atom stereocenters. The van der Waals surface area contributed by atoms with E-state index in [1.165, 1.54) is 18.2 Å². The fourth-order valence-electron chi connectivity index (χ4n) is 1.37. The van der Waals surface area contributed by atoms with Crippen molar-refractivity contribution in [3.63, 3.8) is 0 Å². The summed E-state index contributed by atoms with van der Waals surface area (Å²) in [6.45, 7) is 3.84. The van der Waals surface area contributed by atoms with Crippen LogP contribution in [-0.2, 0) is 0 Å². The van der Waals surface area contributed by atoms with Gasteiger partial charge < -0.3 is 14.5 Å². The second-order valence-corrected chi connectivity index (χ2v) is 5.17. The average molecular weight is 280 g/mol. The van der Waals surface area contributed by atoms with Crippen LogP contribution in [0, 0.1) is 0 Å². The van der Waals surface area contributed by atoms with Crippen molar-refractivity contribution in [3.05, 3.63) is 40.1 Å². The molecule has 2 heterocycles. The quantitative estimate of drug-likeness (QED) is 0.834. The molecule has 0 aromatic carbocycles. The maximum atomic E-state index is 11.5. The molecule has 100 valence electrons. The SMILES string of the molecule is CC(C)c1nc(Sc2ccc(C(=O)O)o2)cc(=O)[nH]1. The van der Waals surface area contributed by atoms with E-state index in [1.54, 1.807) is 0 Å². The molecule has 2 N–H and O–H groups in total. The molecular formula is C12H12N2O4S. The van der Waals surface area contributed by atoms with Crippen molar-refractivity contribution < 1.29 is 14.3 Å². The van der Waals surface area contributed by atoms with Crippen LogP contribution in [0.3, 0.4) is 0 Å². The third kappa shape index (κ3) is 3.25. The van der Waals surface area contributed by atoms with Gasteiger partial charge in [-0.3, -0.25) is 4.79 Å². The number of aromatic nitrogens is 2. The van der Waals surface area contributed by atoms with Crippen molar-refractivity contribution in [2.24, 2.45) is 0 Å². The maximum absolute atomic E-state index is 11.5. The zero-order valence-electron chi connectivity index (χ0n) is 10.3. The Morgan fingerprint density at radius 2 is 2.21 bits per heavy atom. The molecule has 0 saturated heterocycles. The molecule has 0 atom stereocenters. The number of rotatable bonds is 4. The highest BCUT2D eigenvalue weighted by Gasteiger charge is 2.12. The van der Waals surface area contributed by atoms with Gasteiger partial charge in [0.2, 0.25) is 5.76 Å². The molecule has 0 saturated carbocycles. The van der Waals surface area contributed by atoms with Gasteiger partial charge >= 0.3 is 5.97 Å². The van der Waals surface area contributed by atoms with Crippen molar-refractivity contribution in [3.8, 4) is 0 Å². The molecule has 0 aliphatic heterocycles. The predicted octanol–water partition coefficient (Wildman–Crippen LogP) is 2.34. The van der Waals surface area contributed by atoms with E-state index in [4.69, 9.17) is 9.52 Å². The number of aromatic amines is 1. The lowest BCUT2D eigenvalue weighted by Crippen LogP contribution is -2.11. The van der Waals surface area contributed by atoms with Gasteiger partial charge in [0.15, 0.2) is 5.09 Å². The van der Waals surface area contributed by atoms with Crippen LogP contribution in [0.25, 0.3) is 0 Å². The van der Waals surface area contributed by atoms with Gasteiger partial charge in [-0.2, -0.15) is 0 Å². The molecule has 2 aromatic rings. The molecule has 0 aliphatic rings. The van der Waals surface area contributed by atoms with E-state index in [0.29, 0.717) is 15.9 Å². The van der Waals surface area contributed by atoms with E-state index in [2.05, 4.69) is 9.97 Å². The number of carboxylic acid groups (broad SMARTS) is 1. The van der Waals surface area contributed by atoms with Crippen LogP contribution in [0.5, 0.6) is 0 Å². The first-order chi connectivity index (χ1) is 8.95. The van der Waals surface area contributed by atoms with Gasteiger partial charge in [0, 0.05) is 12.0 Å². The fourth-order valence-corrected chi connectivity index (χ4v) is 2.16. The van der Waals surface area contributed by atoms with Crippen molar-refractivity contribution >= 4 is 17.7 Å². The molecule has 19 heavy (non-hydrogen) atoms. The smallest absolute Gasteiger partial charge is 0.371 e. The Hall–Kier alpha value is -2.02. The number of nitrogens with one attached hydrogen (secondary N) is 1. The summed E-state index contributed by atoms with van der Waals surface area (Å²) in [4.78, 5) is 29.1. The minimum Gasteiger partial charge on any atom is -0.475 e. The summed E-state index contributed by atoms with van der Waals surface area (Å²) in [6.07, 6.45) is 0. The molecule has 2 aromatic heterocycles. The Kier molecular flexibility index (Phi) is 3.75. The summed E-state index contributed by atoms with van der Waals surface area (Å²) in [5.41, 5.74) is -0.244. The maximum Gasteiger partial charge on any atom is 0.371 e. The van der Waals surface area contributed by atoms with Crippen LogP contribution < -0.4 is 5.56 Å². The molecule has 2 rings (SSSR count). The Bertz CT molecular complexity index is 660. The van der Waals surface area contributed by atoms with Gasteiger partial charge in [0.05, 0.1) is 0 Å². The molecule has 6 nitrogen and oxygen atoms in total. The van der Waals surface area contributed by atoms with Crippen molar-refractivity contribution in [1.82, 2.24) is 9.97 Å². The van der Waals surface area contributed by atoms with Crippen LogP contribution in [0.4, 0.5) is 0 Å². The lowest BCUT2D eigenvalue weighted by molar-refractivity contribution is 0.0656. The monoisotopic (exact) mass is 280 g/mol.